The molecule has 1 aromatic heterocycles. The van der Waals surface area contributed by atoms with E-state index in [1.807, 2.05) is 49.3 Å². The Morgan fingerprint density at radius 3 is 2.84 bits per heavy atom. The first-order valence-corrected chi connectivity index (χ1v) is 6.20. The van der Waals surface area contributed by atoms with E-state index in [2.05, 4.69) is 15.6 Å². The number of rotatable bonds is 4. The van der Waals surface area contributed by atoms with E-state index in [1.54, 1.807) is 6.20 Å². The van der Waals surface area contributed by atoms with Gasteiger partial charge in [0.25, 0.3) is 0 Å². The lowest BCUT2D eigenvalue weighted by Crippen LogP contribution is -2.34. The first kappa shape index (κ1) is 13.3. The van der Waals surface area contributed by atoms with Crippen molar-refractivity contribution in [1.29, 1.82) is 0 Å². The lowest BCUT2D eigenvalue weighted by molar-refractivity contribution is 0.250. The molecule has 1 aromatic carbocycles. The molecule has 0 saturated carbocycles. The Kier molecular flexibility index (Phi) is 4.30. The van der Waals surface area contributed by atoms with Crippen molar-refractivity contribution in [2.75, 3.05) is 32.5 Å². The number of aromatic nitrogens is 1. The van der Waals surface area contributed by atoms with Crippen molar-refractivity contribution in [2.24, 2.45) is 0 Å². The lowest BCUT2D eigenvalue weighted by Gasteiger charge is -2.12. The van der Waals surface area contributed by atoms with Gasteiger partial charge in [-0.05, 0) is 26.2 Å². The average Bonchev–Trinajstić information content (AvgIpc) is 2.39. The SMILES string of the molecule is CN(C)CCNC(=O)Nc1cccc2cccnc12. The Morgan fingerprint density at radius 2 is 2.05 bits per heavy atom. The summed E-state index contributed by atoms with van der Waals surface area (Å²) in [5, 5.41) is 6.64. The third-order valence-corrected chi connectivity index (χ3v) is 2.73. The first-order valence-electron chi connectivity index (χ1n) is 6.20. The molecule has 100 valence electrons. The maximum absolute atomic E-state index is 11.8. The largest absolute Gasteiger partial charge is 0.337 e. The molecule has 0 spiro atoms. The predicted molar refractivity (Wildman–Crippen MR) is 77.3 cm³/mol. The zero-order valence-corrected chi connectivity index (χ0v) is 11.2. The van der Waals surface area contributed by atoms with Crippen LogP contribution in [0.5, 0.6) is 0 Å². The normalized spacial score (nSPS) is 10.7. The number of pyridine rings is 1. The molecule has 0 bridgehead atoms. The lowest BCUT2D eigenvalue weighted by atomic mass is 10.2. The number of hydrogen-bond acceptors (Lipinski definition) is 3. The first-order chi connectivity index (χ1) is 9.16. The highest BCUT2D eigenvalue weighted by molar-refractivity contribution is 5.99. The molecule has 2 N–H and O–H groups in total. The fraction of sp³-hybridized carbons (Fsp3) is 0.286. The number of benzene rings is 1. The van der Waals surface area contributed by atoms with Crippen molar-refractivity contribution in [1.82, 2.24) is 15.2 Å². The molecule has 2 amide bonds. The molecule has 2 rings (SSSR count). The van der Waals surface area contributed by atoms with Crippen LogP contribution in [0.3, 0.4) is 0 Å². The van der Waals surface area contributed by atoms with Crippen LogP contribution in [0.15, 0.2) is 36.5 Å². The van der Waals surface area contributed by atoms with Crippen LogP contribution in [0.2, 0.25) is 0 Å². The quantitative estimate of drug-likeness (QED) is 0.881. The minimum atomic E-state index is -0.208. The predicted octanol–water partition coefficient (Wildman–Crippen LogP) is 1.92. The van der Waals surface area contributed by atoms with Gasteiger partial charge in [-0.15, -0.1) is 0 Å². The highest BCUT2D eigenvalue weighted by Crippen LogP contribution is 2.20. The van der Waals surface area contributed by atoms with Crippen molar-refractivity contribution in [3.8, 4) is 0 Å². The van der Waals surface area contributed by atoms with Crippen LogP contribution < -0.4 is 10.6 Å². The van der Waals surface area contributed by atoms with Crippen LogP contribution in [0.25, 0.3) is 10.9 Å². The van der Waals surface area contributed by atoms with Gasteiger partial charge in [0.2, 0.25) is 0 Å². The molecule has 0 atom stereocenters. The van der Waals surface area contributed by atoms with Crippen molar-refractivity contribution in [3.63, 3.8) is 0 Å². The molecule has 5 heteroatoms. The molecule has 5 nitrogen and oxygen atoms in total. The molecule has 0 aliphatic rings. The van der Waals surface area contributed by atoms with Gasteiger partial charge >= 0.3 is 6.03 Å². The van der Waals surface area contributed by atoms with E-state index in [0.29, 0.717) is 6.54 Å². The van der Waals surface area contributed by atoms with E-state index >= 15 is 0 Å². The Bertz CT molecular complexity index is 563. The van der Waals surface area contributed by atoms with Crippen LogP contribution in [-0.2, 0) is 0 Å². The van der Waals surface area contributed by atoms with Crippen LogP contribution in [0, 0.1) is 0 Å². The van der Waals surface area contributed by atoms with E-state index in [-0.39, 0.29) is 6.03 Å². The minimum Gasteiger partial charge on any atom is -0.337 e. The number of hydrogen-bond donors (Lipinski definition) is 2. The van der Waals surface area contributed by atoms with Crippen LogP contribution >= 0.6 is 0 Å². The number of fused-ring (bicyclic) bond motifs is 1. The van der Waals surface area contributed by atoms with Gasteiger partial charge in [-0.2, -0.15) is 0 Å². The zero-order valence-electron chi connectivity index (χ0n) is 11.2. The maximum Gasteiger partial charge on any atom is 0.319 e. The second kappa shape index (κ2) is 6.15. The standard InChI is InChI=1S/C14H18N4O/c1-18(2)10-9-16-14(19)17-12-7-3-5-11-6-4-8-15-13(11)12/h3-8H,9-10H2,1-2H3,(H2,16,17,19). The van der Waals surface area contributed by atoms with E-state index in [1.165, 1.54) is 0 Å². The molecule has 0 aliphatic heterocycles. The summed E-state index contributed by atoms with van der Waals surface area (Å²) < 4.78 is 0. The summed E-state index contributed by atoms with van der Waals surface area (Å²) in [7, 11) is 3.93. The number of amides is 2. The van der Waals surface area contributed by atoms with Gasteiger partial charge in [0, 0.05) is 24.7 Å². The zero-order chi connectivity index (χ0) is 13.7. The van der Waals surface area contributed by atoms with Gasteiger partial charge in [-0.1, -0.05) is 18.2 Å². The Labute approximate surface area is 112 Å². The monoisotopic (exact) mass is 258 g/mol. The molecular weight excluding hydrogens is 240 g/mol. The van der Waals surface area contributed by atoms with E-state index in [0.717, 1.165) is 23.1 Å². The van der Waals surface area contributed by atoms with Gasteiger partial charge in [0.05, 0.1) is 11.2 Å². The van der Waals surface area contributed by atoms with Crippen molar-refractivity contribution < 1.29 is 4.79 Å². The smallest absolute Gasteiger partial charge is 0.319 e. The van der Waals surface area contributed by atoms with E-state index in [4.69, 9.17) is 0 Å². The maximum atomic E-state index is 11.8. The number of likely N-dealkylation sites (N-methyl/N-ethyl adjacent to an activating group) is 1. The number of nitrogens with one attached hydrogen (secondary N) is 2. The topological polar surface area (TPSA) is 57.3 Å². The molecule has 0 unspecified atom stereocenters. The summed E-state index contributed by atoms with van der Waals surface area (Å²) in [5.41, 5.74) is 1.52. The molecule has 0 saturated heterocycles. The molecule has 2 aromatic rings. The number of carbonyl (C=O) groups is 1. The number of para-hydroxylation sites is 1. The number of carbonyl (C=O) groups excluding carboxylic acids is 1. The van der Waals surface area contributed by atoms with Crippen molar-refractivity contribution in [2.45, 2.75) is 0 Å². The van der Waals surface area contributed by atoms with Gasteiger partial charge in [0.15, 0.2) is 0 Å². The summed E-state index contributed by atoms with van der Waals surface area (Å²) in [6.45, 7) is 1.41. The number of urea groups is 1. The van der Waals surface area contributed by atoms with E-state index in [9.17, 15) is 4.79 Å². The van der Waals surface area contributed by atoms with Gasteiger partial charge < -0.3 is 15.5 Å². The number of nitrogens with zero attached hydrogens (tertiary/aromatic N) is 2. The summed E-state index contributed by atoms with van der Waals surface area (Å²) in [6, 6.07) is 9.36. The summed E-state index contributed by atoms with van der Waals surface area (Å²) in [4.78, 5) is 18.1. The molecule has 19 heavy (non-hydrogen) atoms. The Balaban J connectivity index is 2.03. The fourth-order valence-electron chi connectivity index (χ4n) is 1.76. The Morgan fingerprint density at radius 1 is 1.26 bits per heavy atom. The third-order valence-electron chi connectivity index (χ3n) is 2.73. The van der Waals surface area contributed by atoms with Crippen LogP contribution in [0.1, 0.15) is 0 Å². The second-order valence-corrected chi connectivity index (χ2v) is 4.56. The highest BCUT2D eigenvalue weighted by atomic mass is 16.2. The van der Waals surface area contributed by atoms with E-state index < -0.39 is 0 Å². The number of anilines is 1. The van der Waals surface area contributed by atoms with Crippen LogP contribution in [-0.4, -0.2) is 43.1 Å². The summed E-state index contributed by atoms with van der Waals surface area (Å²) >= 11 is 0. The van der Waals surface area contributed by atoms with Crippen molar-refractivity contribution >= 4 is 22.6 Å². The fourth-order valence-corrected chi connectivity index (χ4v) is 1.76. The minimum absolute atomic E-state index is 0.208. The average molecular weight is 258 g/mol. The molecule has 0 aliphatic carbocycles. The van der Waals surface area contributed by atoms with Gasteiger partial charge in [-0.3, -0.25) is 4.98 Å². The van der Waals surface area contributed by atoms with Crippen LogP contribution in [0.4, 0.5) is 10.5 Å². The van der Waals surface area contributed by atoms with Gasteiger partial charge in [0.1, 0.15) is 0 Å². The molecule has 0 fully saturated rings. The highest BCUT2D eigenvalue weighted by Gasteiger charge is 2.05. The Hall–Kier alpha value is -2.14. The van der Waals surface area contributed by atoms with Crippen molar-refractivity contribution in [3.05, 3.63) is 36.5 Å². The summed E-state index contributed by atoms with van der Waals surface area (Å²) in [5.74, 6) is 0. The molecule has 0 radical (unpaired) electrons. The summed E-state index contributed by atoms with van der Waals surface area (Å²) in [6.07, 6.45) is 1.72. The molecular formula is C14H18N4O. The molecule has 1 heterocycles. The van der Waals surface area contributed by atoms with Gasteiger partial charge in [-0.25, -0.2) is 4.79 Å². The second-order valence-electron chi connectivity index (χ2n) is 4.56. The third kappa shape index (κ3) is 3.66.